The summed E-state index contributed by atoms with van der Waals surface area (Å²) >= 11 is 3.49. The lowest BCUT2D eigenvalue weighted by Crippen LogP contribution is -1.90. The highest BCUT2D eigenvalue weighted by molar-refractivity contribution is 9.10. The first kappa shape index (κ1) is 9.34. The second-order valence-corrected chi connectivity index (χ2v) is 3.92. The van der Waals surface area contributed by atoms with Gasteiger partial charge in [-0.05, 0) is 17.5 Å². The molecule has 0 saturated heterocycles. The number of ether oxygens (including phenoxy) is 1. The molecule has 0 aliphatic rings. The monoisotopic (exact) mass is 251 g/mol. The van der Waals surface area contributed by atoms with Crippen LogP contribution in [0.25, 0.3) is 10.8 Å². The van der Waals surface area contributed by atoms with Gasteiger partial charge in [0.05, 0.1) is 7.11 Å². The van der Waals surface area contributed by atoms with Gasteiger partial charge in [0.1, 0.15) is 5.75 Å². The smallest absolute Gasteiger partial charge is 0.129 e. The van der Waals surface area contributed by atoms with Crippen LogP contribution in [0.5, 0.6) is 5.75 Å². The third kappa shape index (κ3) is 1.44. The van der Waals surface area contributed by atoms with Crippen LogP contribution in [-0.4, -0.2) is 7.11 Å². The molecule has 2 N–H and O–H groups in total. The van der Waals surface area contributed by atoms with Gasteiger partial charge in [-0.25, -0.2) is 0 Å². The zero-order valence-corrected chi connectivity index (χ0v) is 9.34. The molecule has 0 spiro atoms. The second kappa shape index (κ2) is 3.50. The molecule has 0 fully saturated rings. The first-order valence-corrected chi connectivity index (χ1v) is 5.03. The molecule has 2 nitrogen and oxygen atoms in total. The molecule has 0 saturated carbocycles. The lowest BCUT2D eigenvalue weighted by atomic mass is 10.1. The summed E-state index contributed by atoms with van der Waals surface area (Å²) in [6.45, 7) is 0. The maximum Gasteiger partial charge on any atom is 0.129 e. The number of hydrogen-bond donors (Lipinski definition) is 1. The molecule has 0 aromatic heterocycles. The molecule has 2 aromatic carbocycles. The van der Waals surface area contributed by atoms with E-state index in [4.69, 9.17) is 10.5 Å². The highest BCUT2D eigenvalue weighted by Crippen LogP contribution is 2.34. The largest absolute Gasteiger partial charge is 0.496 e. The van der Waals surface area contributed by atoms with E-state index in [2.05, 4.69) is 15.9 Å². The highest BCUT2D eigenvalue weighted by atomic mass is 79.9. The molecule has 3 heteroatoms. The van der Waals surface area contributed by atoms with Gasteiger partial charge in [-0.1, -0.05) is 28.1 Å². The van der Waals surface area contributed by atoms with Crippen LogP contribution in [0.3, 0.4) is 0 Å². The normalized spacial score (nSPS) is 10.4. The predicted molar refractivity (Wildman–Crippen MR) is 62.6 cm³/mol. The number of anilines is 1. The van der Waals surface area contributed by atoms with Crippen LogP contribution in [0.4, 0.5) is 5.69 Å². The van der Waals surface area contributed by atoms with E-state index in [1.165, 1.54) is 0 Å². The van der Waals surface area contributed by atoms with E-state index in [0.29, 0.717) is 5.69 Å². The molecule has 0 radical (unpaired) electrons. The topological polar surface area (TPSA) is 35.2 Å². The number of nitrogens with two attached hydrogens (primary N) is 1. The summed E-state index contributed by atoms with van der Waals surface area (Å²) in [7, 11) is 1.65. The molecular formula is C11H10BrNO. The van der Waals surface area contributed by atoms with Crippen LogP contribution < -0.4 is 10.5 Å². The van der Waals surface area contributed by atoms with Gasteiger partial charge < -0.3 is 10.5 Å². The van der Waals surface area contributed by atoms with Crippen molar-refractivity contribution in [3.8, 4) is 5.75 Å². The Hall–Kier alpha value is -1.22. The summed E-state index contributed by atoms with van der Waals surface area (Å²) in [4.78, 5) is 0. The van der Waals surface area contributed by atoms with Gasteiger partial charge in [-0.3, -0.25) is 0 Å². The number of hydrogen-bond acceptors (Lipinski definition) is 2. The SMILES string of the molecule is COc1cc(N)cc2cccc(Br)c12. The van der Waals surface area contributed by atoms with Crippen molar-refractivity contribution in [2.24, 2.45) is 0 Å². The maximum absolute atomic E-state index is 5.76. The maximum atomic E-state index is 5.76. The standard InChI is InChI=1S/C11H10BrNO/c1-14-10-6-8(13)5-7-3-2-4-9(12)11(7)10/h2-6H,13H2,1H3. The van der Waals surface area contributed by atoms with Gasteiger partial charge in [-0.15, -0.1) is 0 Å². The predicted octanol–water partition coefficient (Wildman–Crippen LogP) is 3.19. The van der Waals surface area contributed by atoms with Gasteiger partial charge in [-0.2, -0.15) is 0 Å². The third-order valence-corrected chi connectivity index (χ3v) is 2.79. The van der Waals surface area contributed by atoms with Crippen molar-refractivity contribution in [2.45, 2.75) is 0 Å². The molecule has 0 unspecified atom stereocenters. The molecule has 2 aromatic rings. The Labute approximate surface area is 90.8 Å². The number of benzene rings is 2. The Bertz CT molecular complexity index is 482. The minimum atomic E-state index is 0.715. The van der Waals surface area contributed by atoms with Crippen molar-refractivity contribution in [1.29, 1.82) is 0 Å². The van der Waals surface area contributed by atoms with Crippen molar-refractivity contribution in [3.63, 3.8) is 0 Å². The fourth-order valence-corrected chi connectivity index (χ4v) is 2.10. The number of methoxy groups -OCH3 is 1. The fourth-order valence-electron chi connectivity index (χ4n) is 1.53. The Morgan fingerprint density at radius 2 is 2.07 bits per heavy atom. The van der Waals surface area contributed by atoms with E-state index in [-0.39, 0.29) is 0 Å². The minimum absolute atomic E-state index is 0.715. The number of rotatable bonds is 1. The molecule has 0 aliphatic heterocycles. The molecule has 72 valence electrons. The van der Waals surface area contributed by atoms with Crippen molar-refractivity contribution >= 4 is 32.4 Å². The molecular weight excluding hydrogens is 242 g/mol. The zero-order chi connectivity index (χ0) is 10.1. The van der Waals surface area contributed by atoms with Crippen molar-refractivity contribution in [3.05, 3.63) is 34.8 Å². The Balaban J connectivity index is 2.88. The second-order valence-electron chi connectivity index (χ2n) is 3.06. The van der Waals surface area contributed by atoms with Crippen molar-refractivity contribution in [2.75, 3.05) is 12.8 Å². The Morgan fingerprint density at radius 3 is 2.79 bits per heavy atom. The molecule has 0 aliphatic carbocycles. The average Bonchev–Trinajstić information content (AvgIpc) is 2.16. The Kier molecular flexibility index (Phi) is 2.33. The average molecular weight is 252 g/mol. The highest BCUT2D eigenvalue weighted by Gasteiger charge is 2.05. The van der Waals surface area contributed by atoms with Crippen LogP contribution in [0, 0.1) is 0 Å². The summed E-state index contributed by atoms with van der Waals surface area (Å²) < 4.78 is 6.30. The molecule has 0 bridgehead atoms. The van der Waals surface area contributed by atoms with Crippen LogP contribution in [-0.2, 0) is 0 Å². The Morgan fingerprint density at radius 1 is 1.29 bits per heavy atom. The molecule has 2 rings (SSSR count). The van der Waals surface area contributed by atoms with E-state index in [0.717, 1.165) is 21.0 Å². The van der Waals surface area contributed by atoms with Crippen molar-refractivity contribution in [1.82, 2.24) is 0 Å². The molecule has 0 heterocycles. The third-order valence-electron chi connectivity index (χ3n) is 2.13. The summed E-state index contributed by atoms with van der Waals surface area (Å²) in [5, 5.41) is 2.14. The summed E-state index contributed by atoms with van der Waals surface area (Å²) in [5.74, 6) is 0.799. The van der Waals surface area contributed by atoms with Crippen LogP contribution in [0.2, 0.25) is 0 Å². The fraction of sp³-hybridized carbons (Fsp3) is 0.0909. The van der Waals surface area contributed by atoms with Gasteiger partial charge in [0.25, 0.3) is 0 Å². The zero-order valence-electron chi connectivity index (χ0n) is 7.75. The van der Waals surface area contributed by atoms with E-state index >= 15 is 0 Å². The van der Waals surface area contributed by atoms with E-state index in [1.54, 1.807) is 7.11 Å². The number of nitrogen functional groups attached to an aromatic ring is 1. The minimum Gasteiger partial charge on any atom is -0.496 e. The first-order chi connectivity index (χ1) is 6.72. The van der Waals surface area contributed by atoms with Gasteiger partial charge in [0.2, 0.25) is 0 Å². The number of fused-ring (bicyclic) bond motifs is 1. The van der Waals surface area contributed by atoms with Crippen molar-refractivity contribution < 1.29 is 4.74 Å². The van der Waals surface area contributed by atoms with Gasteiger partial charge >= 0.3 is 0 Å². The van der Waals surface area contributed by atoms with Crippen LogP contribution in [0.15, 0.2) is 34.8 Å². The van der Waals surface area contributed by atoms with E-state index in [9.17, 15) is 0 Å². The van der Waals surface area contributed by atoms with Gasteiger partial charge in [0.15, 0.2) is 0 Å². The quantitative estimate of drug-likeness (QED) is 0.791. The van der Waals surface area contributed by atoms with Gasteiger partial charge in [0, 0.05) is 21.6 Å². The molecule has 0 amide bonds. The summed E-state index contributed by atoms with van der Waals surface area (Å²) in [6.07, 6.45) is 0. The lowest BCUT2D eigenvalue weighted by molar-refractivity contribution is 0.420. The van der Waals surface area contributed by atoms with Crippen LogP contribution in [0.1, 0.15) is 0 Å². The summed E-state index contributed by atoms with van der Waals surface area (Å²) in [6, 6.07) is 9.74. The molecule has 14 heavy (non-hydrogen) atoms. The lowest BCUT2D eigenvalue weighted by Gasteiger charge is -2.08. The molecule has 0 atom stereocenters. The van der Waals surface area contributed by atoms with E-state index < -0.39 is 0 Å². The van der Waals surface area contributed by atoms with E-state index in [1.807, 2.05) is 30.3 Å². The number of halogens is 1. The summed E-state index contributed by atoms with van der Waals surface area (Å²) in [5.41, 5.74) is 6.47. The first-order valence-electron chi connectivity index (χ1n) is 4.24. The van der Waals surface area contributed by atoms with Crippen LogP contribution >= 0.6 is 15.9 Å².